The highest BCUT2D eigenvalue weighted by molar-refractivity contribution is 7.82. The van der Waals surface area contributed by atoms with Crippen molar-refractivity contribution in [2.75, 3.05) is 13.7 Å². The second-order valence-electron chi connectivity index (χ2n) is 4.39. The first kappa shape index (κ1) is 12.7. The van der Waals surface area contributed by atoms with Crippen LogP contribution in [-0.4, -0.2) is 28.4 Å². The third-order valence-corrected chi connectivity index (χ3v) is 4.63. The first-order valence-electron chi connectivity index (χ1n) is 6.00. The third kappa shape index (κ3) is 2.94. The van der Waals surface area contributed by atoms with Gasteiger partial charge in [0.1, 0.15) is 17.2 Å². The van der Waals surface area contributed by atoms with Gasteiger partial charge in [0.15, 0.2) is 0 Å². The lowest BCUT2D eigenvalue weighted by atomic mass is 10.1. The molecule has 1 fully saturated rings. The molecule has 3 nitrogen and oxygen atoms in total. The molecule has 1 aromatic carbocycles. The quantitative estimate of drug-likeness (QED) is 0.828. The lowest BCUT2D eigenvalue weighted by Gasteiger charge is -2.32. The zero-order valence-corrected chi connectivity index (χ0v) is 11.2. The van der Waals surface area contributed by atoms with E-state index >= 15 is 0 Å². The molecule has 0 amide bonds. The molecule has 1 aromatic rings. The fourth-order valence-corrected chi connectivity index (χ4v) is 3.43. The van der Waals surface area contributed by atoms with Crippen molar-refractivity contribution >= 4 is 11.0 Å². The molecule has 0 aromatic heterocycles. The largest absolute Gasteiger partial charge is 0.365 e. The van der Waals surface area contributed by atoms with Gasteiger partial charge >= 0.3 is 0 Å². The highest BCUT2D eigenvalue weighted by Gasteiger charge is 2.27. The molecule has 1 aliphatic rings. The molecule has 1 saturated heterocycles. The fraction of sp³-hybridized carbons (Fsp3) is 0.538. The summed E-state index contributed by atoms with van der Waals surface area (Å²) in [6.07, 6.45) is 3.21. The lowest BCUT2D eigenvalue weighted by Crippen LogP contribution is -2.41. The standard InChI is InChI=1S/C13H19NO2S/c1-11-6-8-12(9-7-11)17(15)14-10-4-3-5-13(14)16-2/h6-9,13H,3-5,10H2,1-2H3/t13?,17-/m0/s1. The Hall–Kier alpha value is -0.710. The molecule has 17 heavy (non-hydrogen) atoms. The van der Waals surface area contributed by atoms with Crippen molar-refractivity contribution in [2.45, 2.75) is 37.3 Å². The van der Waals surface area contributed by atoms with Gasteiger partial charge in [-0.3, -0.25) is 0 Å². The van der Waals surface area contributed by atoms with E-state index in [9.17, 15) is 4.21 Å². The molecule has 1 aliphatic heterocycles. The zero-order chi connectivity index (χ0) is 12.3. The molecule has 0 saturated carbocycles. The van der Waals surface area contributed by atoms with E-state index in [1.807, 2.05) is 35.5 Å². The average Bonchev–Trinajstić information content (AvgIpc) is 2.39. The molecule has 1 heterocycles. The Morgan fingerprint density at radius 2 is 2.00 bits per heavy atom. The SMILES string of the molecule is COC1CCCCN1[S@@](=O)c1ccc(C)cc1. The summed E-state index contributed by atoms with van der Waals surface area (Å²) < 4.78 is 19.8. The van der Waals surface area contributed by atoms with Gasteiger partial charge in [0.2, 0.25) is 0 Å². The Labute approximate surface area is 105 Å². The van der Waals surface area contributed by atoms with Crippen molar-refractivity contribution in [2.24, 2.45) is 0 Å². The van der Waals surface area contributed by atoms with Crippen LogP contribution in [0.2, 0.25) is 0 Å². The minimum atomic E-state index is -1.10. The van der Waals surface area contributed by atoms with Gasteiger partial charge in [0, 0.05) is 13.7 Å². The predicted octanol–water partition coefficient (Wildman–Crippen LogP) is 2.48. The summed E-state index contributed by atoms with van der Waals surface area (Å²) in [5, 5.41) is 0. The number of rotatable bonds is 3. The zero-order valence-electron chi connectivity index (χ0n) is 10.4. The van der Waals surface area contributed by atoms with Crippen molar-refractivity contribution in [3.63, 3.8) is 0 Å². The van der Waals surface area contributed by atoms with E-state index in [4.69, 9.17) is 4.74 Å². The van der Waals surface area contributed by atoms with Crippen LogP contribution in [-0.2, 0) is 15.7 Å². The van der Waals surface area contributed by atoms with Gasteiger partial charge < -0.3 is 4.74 Å². The molecule has 0 spiro atoms. The summed E-state index contributed by atoms with van der Waals surface area (Å²) in [6, 6.07) is 7.87. The number of nitrogens with zero attached hydrogens (tertiary/aromatic N) is 1. The minimum Gasteiger partial charge on any atom is -0.365 e. The van der Waals surface area contributed by atoms with Crippen LogP contribution >= 0.6 is 0 Å². The van der Waals surface area contributed by atoms with Crippen LogP contribution in [0.3, 0.4) is 0 Å². The van der Waals surface area contributed by atoms with Crippen molar-refractivity contribution < 1.29 is 8.95 Å². The number of methoxy groups -OCH3 is 1. The summed E-state index contributed by atoms with van der Waals surface area (Å²) in [4.78, 5) is 0.861. The van der Waals surface area contributed by atoms with E-state index in [1.54, 1.807) is 7.11 Å². The molecule has 1 unspecified atom stereocenters. The van der Waals surface area contributed by atoms with Gasteiger partial charge in [-0.25, -0.2) is 4.21 Å². The second-order valence-corrected chi connectivity index (χ2v) is 5.83. The van der Waals surface area contributed by atoms with E-state index < -0.39 is 11.0 Å². The molecular weight excluding hydrogens is 234 g/mol. The minimum absolute atomic E-state index is 0.00844. The first-order valence-corrected chi connectivity index (χ1v) is 7.11. The summed E-state index contributed by atoms with van der Waals surface area (Å²) in [5.74, 6) is 0. The predicted molar refractivity (Wildman–Crippen MR) is 68.9 cm³/mol. The summed E-state index contributed by atoms with van der Waals surface area (Å²) >= 11 is 0. The van der Waals surface area contributed by atoms with Gasteiger partial charge in [-0.2, -0.15) is 4.31 Å². The smallest absolute Gasteiger partial charge is 0.129 e. The molecule has 0 bridgehead atoms. The molecule has 0 aliphatic carbocycles. The van der Waals surface area contributed by atoms with Crippen LogP contribution in [0.15, 0.2) is 29.2 Å². The van der Waals surface area contributed by atoms with Crippen LogP contribution in [0.4, 0.5) is 0 Å². The monoisotopic (exact) mass is 253 g/mol. The molecule has 4 heteroatoms. The highest BCUT2D eigenvalue weighted by atomic mass is 32.2. The van der Waals surface area contributed by atoms with Crippen LogP contribution in [0.1, 0.15) is 24.8 Å². The van der Waals surface area contributed by atoms with Crippen LogP contribution in [0.5, 0.6) is 0 Å². The molecule has 2 atom stereocenters. The Bertz CT molecular complexity index is 391. The van der Waals surface area contributed by atoms with Crippen LogP contribution < -0.4 is 0 Å². The second kappa shape index (κ2) is 5.76. The number of ether oxygens (including phenoxy) is 1. The van der Waals surface area contributed by atoms with Crippen molar-refractivity contribution in [1.29, 1.82) is 0 Å². The first-order chi connectivity index (χ1) is 8.22. The molecule has 2 rings (SSSR count). The molecule has 94 valence electrons. The van der Waals surface area contributed by atoms with Crippen molar-refractivity contribution in [3.05, 3.63) is 29.8 Å². The number of piperidine rings is 1. The van der Waals surface area contributed by atoms with Crippen LogP contribution in [0.25, 0.3) is 0 Å². The van der Waals surface area contributed by atoms with Crippen molar-refractivity contribution in [1.82, 2.24) is 4.31 Å². The number of aryl methyl sites for hydroxylation is 1. The van der Waals surface area contributed by atoms with E-state index in [0.29, 0.717) is 0 Å². The highest BCUT2D eigenvalue weighted by Crippen LogP contribution is 2.22. The topological polar surface area (TPSA) is 29.5 Å². The molecule has 0 radical (unpaired) electrons. The Morgan fingerprint density at radius 1 is 1.29 bits per heavy atom. The Balaban J connectivity index is 2.15. The van der Waals surface area contributed by atoms with E-state index in [0.717, 1.165) is 30.7 Å². The van der Waals surface area contributed by atoms with Crippen molar-refractivity contribution in [3.8, 4) is 0 Å². The lowest BCUT2D eigenvalue weighted by molar-refractivity contribution is -0.00518. The van der Waals surface area contributed by atoms with Gasteiger partial charge in [-0.05, 0) is 38.3 Å². The molecular formula is C13H19NO2S. The third-order valence-electron chi connectivity index (χ3n) is 3.11. The van der Waals surface area contributed by atoms with Gasteiger partial charge in [0.25, 0.3) is 0 Å². The van der Waals surface area contributed by atoms with Gasteiger partial charge in [0.05, 0.1) is 4.90 Å². The van der Waals surface area contributed by atoms with E-state index in [1.165, 1.54) is 5.56 Å². The Morgan fingerprint density at radius 3 is 2.65 bits per heavy atom. The Kier molecular flexibility index (Phi) is 4.31. The maximum Gasteiger partial charge on any atom is 0.129 e. The van der Waals surface area contributed by atoms with Gasteiger partial charge in [-0.1, -0.05) is 17.7 Å². The summed E-state index contributed by atoms with van der Waals surface area (Å²) in [5.41, 5.74) is 1.19. The normalized spacial score (nSPS) is 23.5. The fourth-order valence-electron chi connectivity index (χ4n) is 2.09. The van der Waals surface area contributed by atoms with E-state index in [2.05, 4.69) is 0 Å². The number of hydrogen-bond donors (Lipinski definition) is 0. The maximum absolute atomic E-state index is 12.4. The van der Waals surface area contributed by atoms with E-state index in [-0.39, 0.29) is 6.23 Å². The van der Waals surface area contributed by atoms with Crippen LogP contribution in [0, 0.1) is 6.92 Å². The molecule has 0 N–H and O–H groups in total. The number of benzene rings is 1. The summed E-state index contributed by atoms with van der Waals surface area (Å²) in [6.45, 7) is 2.88. The maximum atomic E-state index is 12.4. The van der Waals surface area contributed by atoms with Gasteiger partial charge in [-0.15, -0.1) is 0 Å². The summed E-state index contributed by atoms with van der Waals surface area (Å²) in [7, 11) is 0.590. The average molecular weight is 253 g/mol. The number of hydrogen-bond acceptors (Lipinski definition) is 2.